The molecule has 0 radical (unpaired) electrons. The zero-order chi connectivity index (χ0) is 24.6. The van der Waals surface area contributed by atoms with Crippen LogP contribution in [0.15, 0.2) is 54.6 Å². The molecule has 0 unspecified atom stereocenters. The second kappa shape index (κ2) is 9.90. The number of carbonyl (C=O) groups excluding carboxylic acids is 3. The normalized spacial score (nSPS) is 10.9. The largest absolute Gasteiger partial charge is 0.326 e. The summed E-state index contributed by atoms with van der Waals surface area (Å²) < 4.78 is 0.640. The molecule has 1 heterocycles. The Kier molecular flexibility index (Phi) is 7.12. The van der Waals surface area contributed by atoms with Crippen LogP contribution < -0.4 is 10.2 Å². The summed E-state index contributed by atoms with van der Waals surface area (Å²) in [6, 6.07) is 13.8. The van der Waals surface area contributed by atoms with Gasteiger partial charge in [-0.05, 0) is 54.6 Å². The first-order valence-corrected chi connectivity index (χ1v) is 11.9. The maximum Gasteiger partial charge on any atom is 0.268 e. The molecule has 6 nitrogen and oxygen atoms in total. The average molecular weight is 553 g/mol. The Morgan fingerprint density at radius 1 is 0.824 bits per heavy atom. The van der Waals surface area contributed by atoms with Crippen molar-refractivity contribution in [1.82, 2.24) is 4.98 Å². The van der Waals surface area contributed by atoms with Crippen LogP contribution in [-0.2, 0) is 4.79 Å². The molecule has 0 saturated carbocycles. The number of carbonyl (C=O) groups is 3. The highest BCUT2D eigenvalue weighted by Crippen LogP contribution is 2.35. The van der Waals surface area contributed by atoms with Gasteiger partial charge in [0.05, 0.1) is 31.4 Å². The summed E-state index contributed by atoms with van der Waals surface area (Å²) in [5, 5.41) is 3.53. The van der Waals surface area contributed by atoms with Crippen LogP contribution >= 0.6 is 57.7 Å². The van der Waals surface area contributed by atoms with Crippen LogP contribution in [0.2, 0.25) is 20.1 Å². The number of hydrogen-bond acceptors (Lipinski definition) is 5. The van der Waals surface area contributed by atoms with Crippen molar-refractivity contribution in [2.75, 3.05) is 10.2 Å². The molecular weight excluding hydrogens is 540 g/mol. The quantitative estimate of drug-likeness (QED) is 0.268. The molecule has 4 aromatic rings. The molecule has 0 aliphatic heterocycles. The number of nitrogens with one attached hydrogen (secondary N) is 1. The number of halogens is 4. The van der Waals surface area contributed by atoms with Gasteiger partial charge in [-0.3, -0.25) is 14.4 Å². The van der Waals surface area contributed by atoms with Crippen molar-refractivity contribution in [3.05, 3.63) is 85.8 Å². The number of nitrogens with zero attached hydrogens (tertiary/aromatic N) is 2. The Morgan fingerprint density at radius 2 is 1.38 bits per heavy atom. The molecule has 0 aliphatic carbocycles. The lowest BCUT2D eigenvalue weighted by Gasteiger charge is -2.19. The van der Waals surface area contributed by atoms with E-state index in [1.165, 1.54) is 43.3 Å². The molecule has 1 aromatic heterocycles. The molecule has 3 amide bonds. The van der Waals surface area contributed by atoms with E-state index >= 15 is 0 Å². The molecule has 0 atom stereocenters. The van der Waals surface area contributed by atoms with E-state index in [2.05, 4.69) is 10.3 Å². The summed E-state index contributed by atoms with van der Waals surface area (Å²) in [5.74, 6) is -1.72. The molecule has 1 N–H and O–H groups in total. The smallest absolute Gasteiger partial charge is 0.268 e. The Morgan fingerprint density at radius 3 is 1.91 bits per heavy atom. The van der Waals surface area contributed by atoms with E-state index in [-0.39, 0.29) is 42.3 Å². The monoisotopic (exact) mass is 551 g/mol. The Bertz CT molecular complexity index is 1410. The van der Waals surface area contributed by atoms with Gasteiger partial charge in [0.15, 0.2) is 0 Å². The molecule has 34 heavy (non-hydrogen) atoms. The number of fused-ring (bicyclic) bond motifs is 1. The molecule has 11 heteroatoms. The van der Waals surface area contributed by atoms with Gasteiger partial charge in [-0.2, -0.15) is 0 Å². The van der Waals surface area contributed by atoms with Gasteiger partial charge in [0, 0.05) is 22.7 Å². The summed E-state index contributed by atoms with van der Waals surface area (Å²) in [6.07, 6.45) is 0. The fraction of sp³-hybridized carbons (Fsp3) is 0.0435. The summed E-state index contributed by atoms with van der Waals surface area (Å²) in [7, 11) is 0. The fourth-order valence-electron chi connectivity index (χ4n) is 3.12. The molecule has 0 aliphatic rings. The van der Waals surface area contributed by atoms with E-state index in [9.17, 15) is 14.4 Å². The summed E-state index contributed by atoms with van der Waals surface area (Å²) >= 11 is 25.7. The lowest BCUT2D eigenvalue weighted by Crippen LogP contribution is -2.37. The van der Waals surface area contributed by atoms with E-state index in [1.807, 2.05) is 0 Å². The minimum Gasteiger partial charge on any atom is -0.326 e. The van der Waals surface area contributed by atoms with E-state index in [0.29, 0.717) is 15.9 Å². The second-order valence-electron chi connectivity index (χ2n) is 7.05. The fourth-order valence-corrected chi connectivity index (χ4v) is 4.86. The van der Waals surface area contributed by atoms with Gasteiger partial charge in [0.25, 0.3) is 11.8 Å². The van der Waals surface area contributed by atoms with Crippen LogP contribution in [0.25, 0.3) is 10.2 Å². The van der Waals surface area contributed by atoms with E-state index < -0.39 is 11.8 Å². The van der Waals surface area contributed by atoms with Crippen molar-refractivity contribution in [3.8, 4) is 0 Å². The zero-order valence-corrected chi connectivity index (χ0v) is 21.1. The number of amides is 3. The van der Waals surface area contributed by atoms with Gasteiger partial charge in [0.2, 0.25) is 11.0 Å². The maximum atomic E-state index is 13.6. The topological polar surface area (TPSA) is 79.4 Å². The van der Waals surface area contributed by atoms with E-state index in [4.69, 9.17) is 46.4 Å². The van der Waals surface area contributed by atoms with Crippen LogP contribution in [-0.4, -0.2) is 22.7 Å². The van der Waals surface area contributed by atoms with Crippen molar-refractivity contribution in [2.24, 2.45) is 0 Å². The molecule has 0 spiro atoms. The van der Waals surface area contributed by atoms with Crippen LogP contribution in [0, 0.1) is 0 Å². The highest BCUT2D eigenvalue weighted by atomic mass is 35.5. The standard InChI is InChI=1S/C23H13Cl4N3O3S/c1-11(31)28-14-4-7-19-20(10-14)34-23(29-19)30(21(32)15-8-12(24)2-5-17(15)26)22(33)16-9-13(25)3-6-18(16)27/h2-10H,1H3,(H,28,31). The van der Waals surface area contributed by atoms with Crippen molar-refractivity contribution in [3.63, 3.8) is 0 Å². The molecule has 172 valence electrons. The SMILES string of the molecule is CC(=O)Nc1ccc2nc(N(C(=O)c3cc(Cl)ccc3Cl)C(=O)c3cc(Cl)ccc3Cl)sc2c1. The van der Waals surface area contributed by atoms with Gasteiger partial charge < -0.3 is 5.32 Å². The lowest BCUT2D eigenvalue weighted by molar-refractivity contribution is -0.114. The highest BCUT2D eigenvalue weighted by Gasteiger charge is 2.31. The first kappa shape index (κ1) is 24.4. The molecule has 0 saturated heterocycles. The zero-order valence-electron chi connectivity index (χ0n) is 17.2. The number of aromatic nitrogens is 1. The number of hydrogen-bond donors (Lipinski definition) is 1. The van der Waals surface area contributed by atoms with E-state index in [0.717, 1.165) is 16.2 Å². The molecule has 0 fully saturated rings. The first-order valence-electron chi connectivity index (χ1n) is 9.61. The van der Waals surface area contributed by atoms with Crippen molar-refractivity contribution in [1.29, 1.82) is 0 Å². The molecule has 3 aromatic carbocycles. The third-order valence-corrected chi connectivity index (χ3v) is 6.75. The van der Waals surface area contributed by atoms with Gasteiger partial charge in [-0.25, -0.2) is 9.88 Å². The second-order valence-corrected chi connectivity index (χ2v) is 9.75. The molecule has 0 bridgehead atoms. The van der Waals surface area contributed by atoms with Crippen molar-refractivity contribution in [2.45, 2.75) is 6.92 Å². The predicted molar refractivity (Wildman–Crippen MR) is 138 cm³/mol. The van der Waals surface area contributed by atoms with Gasteiger partial charge in [-0.15, -0.1) is 0 Å². The third-order valence-electron chi connectivity index (χ3n) is 4.61. The summed E-state index contributed by atoms with van der Waals surface area (Å²) in [6.45, 7) is 1.39. The van der Waals surface area contributed by atoms with Gasteiger partial charge in [0.1, 0.15) is 0 Å². The van der Waals surface area contributed by atoms with Crippen LogP contribution in [0.5, 0.6) is 0 Å². The van der Waals surface area contributed by atoms with Crippen LogP contribution in [0.3, 0.4) is 0 Å². The number of imide groups is 1. The minimum atomic E-state index is -0.741. The average Bonchev–Trinajstić information content (AvgIpc) is 3.19. The lowest BCUT2D eigenvalue weighted by atomic mass is 10.1. The number of rotatable bonds is 4. The Hall–Kier alpha value is -2.68. The summed E-state index contributed by atoms with van der Waals surface area (Å²) in [4.78, 5) is 44.0. The number of anilines is 2. The van der Waals surface area contributed by atoms with Gasteiger partial charge in [-0.1, -0.05) is 57.7 Å². The maximum absolute atomic E-state index is 13.6. The number of benzene rings is 3. The van der Waals surface area contributed by atoms with Crippen LogP contribution in [0.1, 0.15) is 27.6 Å². The Balaban J connectivity index is 1.87. The predicted octanol–water partition coefficient (Wildman–Crippen LogP) is 7.36. The van der Waals surface area contributed by atoms with Crippen molar-refractivity contribution >= 4 is 96.5 Å². The van der Waals surface area contributed by atoms with Crippen LogP contribution in [0.4, 0.5) is 10.8 Å². The first-order chi connectivity index (χ1) is 16.1. The third kappa shape index (κ3) is 5.04. The van der Waals surface area contributed by atoms with Gasteiger partial charge >= 0.3 is 0 Å². The number of thiazole rings is 1. The molecular formula is C23H13Cl4N3O3S. The Labute approximate surface area is 218 Å². The minimum absolute atomic E-state index is 0.0128. The summed E-state index contributed by atoms with van der Waals surface area (Å²) in [5.41, 5.74) is 1.10. The molecule has 4 rings (SSSR count). The van der Waals surface area contributed by atoms with E-state index in [1.54, 1.807) is 18.2 Å². The highest BCUT2D eigenvalue weighted by molar-refractivity contribution is 7.22. The van der Waals surface area contributed by atoms with Crippen molar-refractivity contribution < 1.29 is 14.4 Å².